The molecule has 0 radical (unpaired) electrons. The molecule has 0 amide bonds. The van der Waals surface area contributed by atoms with Crippen LogP contribution in [0.3, 0.4) is 0 Å². The zero-order chi connectivity index (χ0) is 23.8. The molecule has 4 rings (SSSR count). The second-order valence-corrected chi connectivity index (χ2v) is 10.4. The summed E-state index contributed by atoms with van der Waals surface area (Å²) in [5, 5.41) is 0.810. The van der Waals surface area contributed by atoms with Crippen LogP contribution in [0.5, 0.6) is 0 Å². The van der Waals surface area contributed by atoms with Gasteiger partial charge in [0.2, 0.25) is 0 Å². The lowest BCUT2D eigenvalue weighted by Crippen LogP contribution is -2.39. The standard InChI is InChI=1S/C27H27Cl2NO3/c1-16-23(26(32)33-12-11-17-7-5-4-6-8-17)24(18-9-10-19(28)20(29)13-18)25-21(30-16)14-27(2,3)15-22(25)31/h4-10,13,23-24H,11-12,14-15H2,1-3H3/t23?,24-/m1/s1. The third kappa shape index (κ3) is 5.07. The largest absolute Gasteiger partial charge is 0.465 e. The monoisotopic (exact) mass is 483 g/mol. The number of esters is 1. The first-order valence-corrected chi connectivity index (χ1v) is 11.9. The van der Waals surface area contributed by atoms with E-state index in [1.807, 2.05) is 43.3 Å². The summed E-state index contributed by atoms with van der Waals surface area (Å²) in [4.78, 5) is 31.4. The highest BCUT2D eigenvalue weighted by Gasteiger charge is 2.46. The van der Waals surface area contributed by atoms with E-state index >= 15 is 0 Å². The summed E-state index contributed by atoms with van der Waals surface area (Å²) >= 11 is 12.5. The summed E-state index contributed by atoms with van der Waals surface area (Å²) in [6.45, 7) is 6.23. The van der Waals surface area contributed by atoms with Gasteiger partial charge in [-0.25, -0.2) is 0 Å². The lowest BCUT2D eigenvalue weighted by atomic mass is 9.67. The number of hydrogen-bond donors (Lipinski definition) is 0. The van der Waals surface area contributed by atoms with Crippen LogP contribution >= 0.6 is 23.2 Å². The number of carbonyl (C=O) groups is 2. The predicted octanol–water partition coefficient (Wildman–Crippen LogP) is 6.60. The Hall–Kier alpha value is -2.43. The molecule has 0 N–H and O–H groups in total. The normalized spacial score (nSPS) is 22.0. The summed E-state index contributed by atoms with van der Waals surface area (Å²) in [6, 6.07) is 15.1. The van der Waals surface area contributed by atoms with Crippen LogP contribution in [0.2, 0.25) is 10.0 Å². The van der Waals surface area contributed by atoms with Crippen LogP contribution in [0.4, 0.5) is 0 Å². The van der Waals surface area contributed by atoms with Crippen molar-refractivity contribution in [3.63, 3.8) is 0 Å². The van der Waals surface area contributed by atoms with E-state index in [0.29, 0.717) is 40.6 Å². The zero-order valence-electron chi connectivity index (χ0n) is 19.0. The van der Waals surface area contributed by atoms with Gasteiger partial charge in [-0.3, -0.25) is 14.6 Å². The molecule has 0 fully saturated rings. The highest BCUT2D eigenvalue weighted by molar-refractivity contribution is 6.42. The molecule has 2 aromatic carbocycles. The Kier molecular flexibility index (Phi) is 6.78. The van der Waals surface area contributed by atoms with Crippen molar-refractivity contribution >= 4 is 40.7 Å². The third-order valence-electron chi connectivity index (χ3n) is 6.34. The van der Waals surface area contributed by atoms with Gasteiger partial charge in [-0.15, -0.1) is 0 Å². The zero-order valence-corrected chi connectivity index (χ0v) is 20.5. The number of halogens is 2. The van der Waals surface area contributed by atoms with Crippen molar-refractivity contribution in [1.82, 2.24) is 0 Å². The number of ketones is 1. The molecule has 2 aromatic rings. The maximum Gasteiger partial charge on any atom is 0.315 e. The molecular formula is C27H27Cl2NO3. The lowest BCUT2D eigenvalue weighted by Gasteiger charge is -2.39. The molecule has 1 aliphatic carbocycles. The van der Waals surface area contributed by atoms with Gasteiger partial charge in [-0.2, -0.15) is 0 Å². The fourth-order valence-corrected chi connectivity index (χ4v) is 5.13. The highest BCUT2D eigenvalue weighted by Crippen LogP contribution is 2.48. The molecule has 4 nitrogen and oxygen atoms in total. The first kappa shape index (κ1) is 23.7. The van der Waals surface area contributed by atoms with Crippen molar-refractivity contribution in [2.24, 2.45) is 16.3 Å². The van der Waals surface area contributed by atoms with Crippen LogP contribution in [0.1, 0.15) is 50.7 Å². The Balaban J connectivity index is 1.68. The van der Waals surface area contributed by atoms with Crippen molar-refractivity contribution in [3.05, 3.63) is 81.0 Å². The van der Waals surface area contributed by atoms with Crippen LogP contribution in [0.25, 0.3) is 0 Å². The van der Waals surface area contributed by atoms with Crippen LogP contribution in [0, 0.1) is 11.3 Å². The first-order chi connectivity index (χ1) is 15.7. The van der Waals surface area contributed by atoms with E-state index in [1.54, 1.807) is 12.1 Å². The van der Waals surface area contributed by atoms with E-state index in [4.69, 9.17) is 32.9 Å². The molecule has 0 spiro atoms. The molecule has 1 aliphatic heterocycles. The predicted molar refractivity (Wildman–Crippen MR) is 132 cm³/mol. The van der Waals surface area contributed by atoms with Gasteiger partial charge < -0.3 is 4.74 Å². The van der Waals surface area contributed by atoms with Crippen LogP contribution in [-0.2, 0) is 20.7 Å². The van der Waals surface area contributed by atoms with Gasteiger partial charge in [0, 0.05) is 35.7 Å². The number of allylic oxidation sites excluding steroid dienone is 2. The number of rotatable bonds is 5. The van der Waals surface area contributed by atoms with E-state index in [9.17, 15) is 9.59 Å². The maximum absolute atomic E-state index is 13.3. The van der Waals surface area contributed by atoms with Gasteiger partial charge in [-0.05, 0) is 42.0 Å². The average molecular weight is 484 g/mol. The Morgan fingerprint density at radius 2 is 1.82 bits per heavy atom. The molecule has 0 aromatic heterocycles. The SMILES string of the molecule is CC1=NC2=C(C(=O)CC(C)(C)C2)[C@H](c2ccc(Cl)c(Cl)c2)C1C(=O)OCCc1ccccc1. The van der Waals surface area contributed by atoms with Gasteiger partial charge in [0.1, 0.15) is 5.92 Å². The summed E-state index contributed by atoms with van der Waals surface area (Å²) in [5.41, 5.74) is 3.70. The van der Waals surface area contributed by atoms with E-state index in [0.717, 1.165) is 16.8 Å². The molecule has 0 saturated heterocycles. The molecule has 0 saturated carbocycles. The molecule has 172 valence electrons. The molecular weight excluding hydrogens is 457 g/mol. The van der Waals surface area contributed by atoms with E-state index in [1.165, 1.54) is 0 Å². The fourth-order valence-electron chi connectivity index (χ4n) is 4.82. The number of nitrogens with zero attached hydrogens (tertiary/aromatic N) is 1. The quantitative estimate of drug-likeness (QED) is 0.450. The molecule has 33 heavy (non-hydrogen) atoms. The highest BCUT2D eigenvalue weighted by atomic mass is 35.5. The topological polar surface area (TPSA) is 55.7 Å². The first-order valence-electron chi connectivity index (χ1n) is 11.1. The second-order valence-electron chi connectivity index (χ2n) is 9.59. The second kappa shape index (κ2) is 9.44. The fraction of sp³-hybridized carbons (Fsp3) is 0.370. The van der Waals surface area contributed by atoms with Crippen molar-refractivity contribution in [1.29, 1.82) is 0 Å². The van der Waals surface area contributed by atoms with Gasteiger partial charge in [0.15, 0.2) is 5.78 Å². The average Bonchev–Trinajstić information content (AvgIpc) is 2.74. The van der Waals surface area contributed by atoms with Crippen LogP contribution in [-0.4, -0.2) is 24.1 Å². The summed E-state index contributed by atoms with van der Waals surface area (Å²) in [5.74, 6) is -1.55. The number of aliphatic imine (C=N–C) groups is 1. The van der Waals surface area contributed by atoms with Crippen molar-refractivity contribution in [2.75, 3.05) is 6.61 Å². The third-order valence-corrected chi connectivity index (χ3v) is 7.08. The Morgan fingerprint density at radius 1 is 1.09 bits per heavy atom. The summed E-state index contributed by atoms with van der Waals surface area (Å²) in [6.07, 6.45) is 1.71. The van der Waals surface area contributed by atoms with E-state index < -0.39 is 11.8 Å². The molecule has 6 heteroatoms. The number of carbonyl (C=O) groups excluding carboxylic acids is 2. The lowest BCUT2D eigenvalue weighted by molar-refractivity contribution is -0.146. The summed E-state index contributed by atoms with van der Waals surface area (Å²) < 4.78 is 5.70. The van der Waals surface area contributed by atoms with Crippen LogP contribution < -0.4 is 0 Å². The maximum atomic E-state index is 13.3. The molecule has 1 unspecified atom stereocenters. The number of Topliss-reactive ketones (excluding diaryl/α,β-unsaturated/α-hetero) is 1. The molecule has 2 atom stereocenters. The molecule has 1 heterocycles. The Bertz CT molecular complexity index is 1150. The van der Waals surface area contributed by atoms with Gasteiger partial charge in [0.25, 0.3) is 0 Å². The van der Waals surface area contributed by atoms with E-state index in [2.05, 4.69) is 13.8 Å². The van der Waals surface area contributed by atoms with Gasteiger partial charge in [0.05, 0.1) is 16.7 Å². The van der Waals surface area contributed by atoms with Crippen molar-refractivity contribution in [3.8, 4) is 0 Å². The summed E-state index contributed by atoms with van der Waals surface area (Å²) in [7, 11) is 0. The molecule has 0 bridgehead atoms. The minimum absolute atomic E-state index is 0.0238. The molecule has 2 aliphatic rings. The smallest absolute Gasteiger partial charge is 0.315 e. The Morgan fingerprint density at radius 3 is 2.52 bits per heavy atom. The number of ether oxygens (including phenoxy) is 1. The number of benzene rings is 2. The minimum Gasteiger partial charge on any atom is -0.465 e. The van der Waals surface area contributed by atoms with Crippen LogP contribution in [0.15, 0.2) is 64.8 Å². The Labute approximate surface area is 204 Å². The van der Waals surface area contributed by atoms with Gasteiger partial charge in [-0.1, -0.05) is 73.4 Å². The number of hydrogen-bond acceptors (Lipinski definition) is 4. The van der Waals surface area contributed by atoms with E-state index in [-0.39, 0.29) is 23.8 Å². The van der Waals surface area contributed by atoms with Crippen molar-refractivity contribution in [2.45, 2.75) is 46.0 Å². The van der Waals surface area contributed by atoms with Gasteiger partial charge >= 0.3 is 5.97 Å². The van der Waals surface area contributed by atoms with Crippen molar-refractivity contribution < 1.29 is 14.3 Å². The minimum atomic E-state index is -0.693.